The molecule has 1 amide bonds. The Kier molecular flexibility index (Phi) is 4.86. The lowest BCUT2D eigenvalue weighted by Crippen LogP contribution is -2.41. The summed E-state index contributed by atoms with van der Waals surface area (Å²) in [6, 6.07) is 15.9. The standard InChI is InChI=1S/C22H25N5O/c1-15-25-19-8-7-18(21(23)24)14-20(19)27(15)22(28)26-11-9-17(10-12-26)13-16-5-3-2-4-6-16/h2-8,14,17H,9-13H2,1H3,(H3,23,24). The Hall–Kier alpha value is -3.15. The number of rotatable bonds is 3. The second-order valence-corrected chi connectivity index (χ2v) is 7.51. The molecule has 0 saturated carbocycles. The average molecular weight is 375 g/mol. The van der Waals surface area contributed by atoms with Crippen molar-refractivity contribution in [3.8, 4) is 0 Å². The summed E-state index contributed by atoms with van der Waals surface area (Å²) in [5.41, 5.74) is 9.03. The van der Waals surface area contributed by atoms with Gasteiger partial charge in [0.05, 0.1) is 11.0 Å². The number of aromatic nitrogens is 2. The van der Waals surface area contributed by atoms with Crippen molar-refractivity contribution < 1.29 is 4.79 Å². The molecular formula is C22H25N5O. The number of carbonyl (C=O) groups is 1. The Bertz CT molecular complexity index is 1020. The number of fused-ring (bicyclic) bond motifs is 1. The summed E-state index contributed by atoms with van der Waals surface area (Å²) < 4.78 is 1.65. The van der Waals surface area contributed by atoms with Gasteiger partial charge in [0.2, 0.25) is 0 Å². The molecule has 1 aliphatic heterocycles. The molecule has 2 aromatic carbocycles. The third kappa shape index (κ3) is 3.50. The molecule has 6 nitrogen and oxygen atoms in total. The molecule has 0 bridgehead atoms. The van der Waals surface area contributed by atoms with E-state index in [9.17, 15) is 4.79 Å². The summed E-state index contributed by atoms with van der Waals surface area (Å²) in [6.45, 7) is 3.34. The van der Waals surface area contributed by atoms with E-state index in [1.807, 2.05) is 24.0 Å². The van der Waals surface area contributed by atoms with Crippen molar-refractivity contribution in [2.75, 3.05) is 13.1 Å². The fourth-order valence-corrected chi connectivity index (χ4v) is 4.02. The number of nitrogen functional groups attached to an aromatic ring is 1. The number of hydrogen-bond acceptors (Lipinski definition) is 3. The molecule has 0 radical (unpaired) electrons. The molecule has 1 aromatic heterocycles. The van der Waals surface area contributed by atoms with E-state index in [1.165, 1.54) is 5.56 Å². The first-order valence-electron chi connectivity index (χ1n) is 9.69. The second-order valence-electron chi connectivity index (χ2n) is 7.51. The van der Waals surface area contributed by atoms with Crippen molar-refractivity contribution >= 4 is 22.9 Å². The van der Waals surface area contributed by atoms with Crippen LogP contribution in [-0.4, -0.2) is 39.4 Å². The highest BCUT2D eigenvalue weighted by Crippen LogP contribution is 2.24. The minimum Gasteiger partial charge on any atom is -0.384 e. The van der Waals surface area contributed by atoms with E-state index < -0.39 is 0 Å². The summed E-state index contributed by atoms with van der Waals surface area (Å²) in [6.07, 6.45) is 3.08. The van der Waals surface area contributed by atoms with Crippen LogP contribution in [-0.2, 0) is 6.42 Å². The maximum Gasteiger partial charge on any atom is 0.330 e. The van der Waals surface area contributed by atoms with Gasteiger partial charge in [-0.1, -0.05) is 30.3 Å². The normalized spacial score (nSPS) is 15.1. The average Bonchev–Trinajstić information content (AvgIpc) is 3.03. The molecule has 1 saturated heterocycles. The number of aryl methyl sites for hydroxylation is 1. The van der Waals surface area contributed by atoms with E-state index in [0.717, 1.165) is 37.9 Å². The van der Waals surface area contributed by atoms with Crippen LogP contribution in [0.1, 0.15) is 29.8 Å². The van der Waals surface area contributed by atoms with E-state index in [-0.39, 0.29) is 11.9 Å². The predicted octanol–water partition coefficient (Wildman–Crippen LogP) is 3.55. The van der Waals surface area contributed by atoms with E-state index in [1.54, 1.807) is 16.7 Å². The van der Waals surface area contributed by atoms with Crippen LogP contribution in [0.15, 0.2) is 48.5 Å². The summed E-state index contributed by atoms with van der Waals surface area (Å²) in [4.78, 5) is 19.6. The number of nitrogens with one attached hydrogen (secondary N) is 1. The largest absolute Gasteiger partial charge is 0.384 e. The first-order valence-corrected chi connectivity index (χ1v) is 9.69. The Morgan fingerprint density at radius 1 is 1.18 bits per heavy atom. The van der Waals surface area contributed by atoms with E-state index >= 15 is 0 Å². The van der Waals surface area contributed by atoms with Gasteiger partial charge < -0.3 is 10.6 Å². The molecule has 6 heteroatoms. The van der Waals surface area contributed by atoms with Crippen molar-refractivity contribution in [1.29, 1.82) is 5.41 Å². The van der Waals surface area contributed by atoms with E-state index in [2.05, 4.69) is 29.2 Å². The molecule has 0 atom stereocenters. The Morgan fingerprint density at radius 2 is 1.89 bits per heavy atom. The number of likely N-dealkylation sites (tertiary alicyclic amines) is 1. The molecule has 4 rings (SSSR count). The third-order valence-corrected chi connectivity index (χ3v) is 5.58. The van der Waals surface area contributed by atoms with E-state index in [0.29, 0.717) is 22.8 Å². The number of nitrogens with two attached hydrogens (primary N) is 1. The van der Waals surface area contributed by atoms with Crippen LogP contribution in [0.5, 0.6) is 0 Å². The lowest BCUT2D eigenvalue weighted by molar-refractivity contribution is 0.172. The van der Waals surface area contributed by atoms with Crippen LogP contribution in [0.3, 0.4) is 0 Å². The van der Waals surface area contributed by atoms with Gasteiger partial charge in [0.25, 0.3) is 0 Å². The maximum atomic E-state index is 13.2. The Balaban J connectivity index is 1.50. The van der Waals surface area contributed by atoms with Crippen LogP contribution >= 0.6 is 0 Å². The van der Waals surface area contributed by atoms with Gasteiger partial charge in [-0.3, -0.25) is 5.41 Å². The zero-order valence-electron chi connectivity index (χ0n) is 16.1. The molecule has 0 unspecified atom stereocenters. The Morgan fingerprint density at radius 3 is 2.57 bits per heavy atom. The second kappa shape index (κ2) is 7.46. The minimum absolute atomic E-state index is 0.0125. The summed E-state index contributed by atoms with van der Waals surface area (Å²) in [7, 11) is 0. The highest BCUT2D eigenvalue weighted by atomic mass is 16.2. The number of piperidine rings is 1. The SMILES string of the molecule is Cc1nc2ccc(C(=N)N)cc2n1C(=O)N1CCC(Cc2ccccc2)CC1. The van der Waals surface area contributed by atoms with Crippen molar-refractivity contribution in [1.82, 2.24) is 14.5 Å². The highest BCUT2D eigenvalue weighted by molar-refractivity contribution is 5.99. The van der Waals surface area contributed by atoms with Gasteiger partial charge in [0, 0.05) is 18.7 Å². The molecule has 0 aliphatic carbocycles. The predicted molar refractivity (Wildman–Crippen MR) is 111 cm³/mol. The van der Waals surface area contributed by atoms with Crippen LogP contribution < -0.4 is 5.73 Å². The van der Waals surface area contributed by atoms with Crippen molar-refractivity contribution in [3.05, 3.63) is 65.5 Å². The topological polar surface area (TPSA) is 88.0 Å². The third-order valence-electron chi connectivity index (χ3n) is 5.58. The van der Waals surface area contributed by atoms with Crippen LogP contribution in [0, 0.1) is 18.3 Å². The lowest BCUT2D eigenvalue weighted by Gasteiger charge is -2.32. The van der Waals surface area contributed by atoms with Crippen LogP contribution in [0.2, 0.25) is 0 Å². The van der Waals surface area contributed by atoms with Crippen LogP contribution in [0.25, 0.3) is 11.0 Å². The number of carbonyl (C=O) groups excluding carboxylic acids is 1. The monoisotopic (exact) mass is 375 g/mol. The first kappa shape index (κ1) is 18.2. The van der Waals surface area contributed by atoms with Gasteiger partial charge in [0.1, 0.15) is 11.7 Å². The van der Waals surface area contributed by atoms with Gasteiger partial charge in [0.15, 0.2) is 0 Å². The summed E-state index contributed by atoms with van der Waals surface area (Å²) >= 11 is 0. The number of hydrogen-bond donors (Lipinski definition) is 2. The van der Waals surface area contributed by atoms with E-state index in [4.69, 9.17) is 11.1 Å². The zero-order chi connectivity index (χ0) is 19.7. The zero-order valence-corrected chi connectivity index (χ0v) is 16.1. The summed E-state index contributed by atoms with van der Waals surface area (Å²) in [5.74, 6) is 1.25. The first-order chi connectivity index (χ1) is 13.5. The number of nitrogens with zero attached hydrogens (tertiary/aromatic N) is 3. The van der Waals surface area contributed by atoms with Crippen molar-refractivity contribution in [2.24, 2.45) is 11.7 Å². The maximum absolute atomic E-state index is 13.2. The molecule has 3 N–H and O–H groups in total. The Labute approximate surface area is 164 Å². The molecule has 3 aromatic rings. The van der Waals surface area contributed by atoms with Gasteiger partial charge in [-0.25, -0.2) is 14.3 Å². The lowest BCUT2D eigenvalue weighted by atomic mass is 9.90. The fourth-order valence-electron chi connectivity index (χ4n) is 4.02. The minimum atomic E-state index is -0.0427. The van der Waals surface area contributed by atoms with Crippen molar-refractivity contribution in [2.45, 2.75) is 26.2 Å². The van der Waals surface area contributed by atoms with Crippen LogP contribution in [0.4, 0.5) is 4.79 Å². The smallest absolute Gasteiger partial charge is 0.330 e. The molecule has 144 valence electrons. The fraction of sp³-hybridized carbons (Fsp3) is 0.318. The quantitative estimate of drug-likeness (QED) is 0.542. The van der Waals surface area contributed by atoms with Crippen molar-refractivity contribution in [3.63, 3.8) is 0 Å². The summed E-state index contributed by atoms with van der Waals surface area (Å²) in [5, 5.41) is 7.66. The molecule has 1 fully saturated rings. The number of amidine groups is 1. The highest BCUT2D eigenvalue weighted by Gasteiger charge is 2.26. The van der Waals surface area contributed by atoms with Gasteiger partial charge in [-0.2, -0.15) is 0 Å². The molecule has 1 aliphatic rings. The van der Waals surface area contributed by atoms with Gasteiger partial charge >= 0.3 is 6.03 Å². The molecular weight excluding hydrogens is 350 g/mol. The van der Waals surface area contributed by atoms with Gasteiger partial charge in [-0.15, -0.1) is 0 Å². The van der Waals surface area contributed by atoms with Gasteiger partial charge in [-0.05, 0) is 55.9 Å². The number of amides is 1. The molecule has 0 spiro atoms. The molecule has 2 heterocycles. The molecule has 28 heavy (non-hydrogen) atoms. The number of benzene rings is 2. The number of imidazole rings is 1.